The Bertz CT molecular complexity index is 211. The first-order chi connectivity index (χ1) is 6.53. The number of nitrogens with zero attached hydrogens (tertiary/aromatic N) is 2. The summed E-state index contributed by atoms with van der Waals surface area (Å²) in [7, 11) is 4.04. The van der Waals surface area contributed by atoms with Gasteiger partial charge in [0.1, 0.15) is 0 Å². The van der Waals surface area contributed by atoms with Gasteiger partial charge in [-0.15, -0.1) is 0 Å². The van der Waals surface area contributed by atoms with Gasteiger partial charge in [0.2, 0.25) is 0 Å². The molecule has 0 radical (unpaired) electrons. The third kappa shape index (κ3) is 1.69. The fourth-order valence-electron chi connectivity index (χ4n) is 2.52. The van der Waals surface area contributed by atoms with E-state index < -0.39 is 0 Å². The van der Waals surface area contributed by atoms with E-state index in [9.17, 15) is 0 Å². The zero-order valence-corrected chi connectivity index (χ0v) is 9.79. The second-order valence-electron chi connectivity index (χ2n) is 5.36. The Labute approximate surface area is 87.0 Å². The minimum absolute atomic E-state index is 0.378. The Morgan fingerprint density at radius 2 is 1.86 bits per heavy atom. The molecule has 0 spiro atoms. The molecule has 2 fully saturated rings. The number of methoxy groups -OCH3 is 1. The SMILES string of the molecule is COC1CN(C2CN(C)C(C)(C)C2)C1. The smallest absolute Gasteiger partial charge is 0.0825 e. The number of ether oxygens (including phenoxy) is 1. The van der Waals surface area contributed by atoms with Gasteiger partial charge in [0.15, 0.2) is 0 Å². The highest BCUT2D eigenvalue weighted by molar-refractivity contribution is 4.99. The maximum atomic E-state index is 5.30. The summed E-state index contributed by atoms with van der Waals surface area (Å²) in [6.07, 6.45) is 1.78. The quantitative estimate of drug-likeness (QED) is 0.653. The summed E-state index contributed by atoms with van der Waals surface area (Å²) in [4.78, 5) is 5.03. The van der Waals surface area contributed by atoms with E-state index in [1.54, 1.807) is 0 Å². The molecular formula is C11H22N2O. The lowest BCUT2D eigenvalue weighted by molar-refractivity contribution is -0.0484. The normalized spacial score (nSPS) is 34.7. The number of likely N-dealkylation sites (tertiary alicyclic amines) is 2. The molecule has 1 atom stereocenters. The molecule has 3 heteroatoms. The van der Waals surface area contributed by atoms with Crippen molar-refractivity contribution >= 4 is 0 Å². The largest absolute Gasteiger partial charge is 0.379 e. The summed E-state index contributed by atoms with van der Waals surface area (Å²) >= 11 is 0. The van der Waals surface area contributed by atoms with Gasteiger partial charge in [0.05, 0.1) is 6.10 Å². The van der Waals surface area contributed by atoms with Gasteiger partial charge in [0, 0.05) is 38.3 Å². The molecule has 14 heavy (non-hydrogen) atoms. The van der Waals surface area contributed by atoms with Gasteiger partial charge >= 0.3 is 0 Å². The minimum atomic E-state index is 0.378. The highest BCUT2D eigenvalue weighted by Gasteiger charge is 2.42. The van der Waals surface area contributed by atoms with Crippen LogP contribution in [0.25, 0.3) is 0 Å². The Balaban J connectivity index is 1.85. The van der Waals surface area contributed by atoms with Gasteiger partial charge in [-0.05, 0) is 27.3 Å². The van der Waals surface area contributed by atoms with E-state index in [1.807, 2.05) is 7.11 Å². The highest BCUT2D eigenvalue weighted by atomic mass is 16.5. The van der Waals surface area contributed by atoms with Crippen LogP contribution in [0.5, 0.6) is 0 Å². The van der Waals surface area contributed by atoms with E-state index in [1.165, 1.54) is 13.0 Å². The fraction of sp³-hybridized carbons (Fsp3) is 1.00. The van der Waals surface area contributed by atoms with Crippen LogP contribution in [-0.2, 0) is 4.74 Å². The topological polar surface area (TPSA) is 15.7 Å². The van der Waals surface area contributed by atoms with E-state index in [-0.39, 0.29) is 0 Å². The van der Waals surface area contributed by atoms with Crippen molar-refractivity contribution in [1.82, 2.24) is 9.80 Å². The molecule has 82 valence electrons. The summed E-state index contributed by atoms with van der Waals surface area (Å²) in [6.45, 7) is 8.14. The Kier molecular flexibility index (Phi) is 2.58. The predicted molar refractivity (Wildman–Crippen MR) is 57.5 cm³/mol. The van der Waals surface area contributed by atoms with Crippen LogP contribution in [0.15, 0.2) is 0 Å². The first-order valence-electron chi connectivity index (χ1n) is 5.51. The van der Waals surface area contributed by atoms with Crippen LogP contribution in [0.4, 0.5) is 0 Å². The molecule has 1 unspecified atom stereocenters. The maximum Gasteiger partial charge on any atom is 0.0825 e. The van der Waals surface area contributed by atoms with Gasteiger partial charge in [-0.3, -0.25) is 9.80 Å². The lowest BCUT2D eigenvalue weighted by Crippen LogP contribution is -2.56. The van der Waals surface area contributed by atoms with Crippen LogP contribution in [0.3, 0.4) is 0 Å². The highest BCUT2D eigenvalue weighted by Crippen LogP contribution is 2.32. The van der Waals surface area contributed by atoms with Gasteiger partial charge < -0.3 is 4.74 Å². The van der Waals surface area contributed by atoms with Crippen LogP contribution < -0.4 is 0 Å². The van der Waals surface area contributed by atoms with E-state index in [2.05, 4.69) is 30.7 Å². The monoisotopic (exact) mass is 198 g/mol. The number of hydrogen-bond donors (Lipinski definition) is 0. The third-order valence-corrected chi connectivity index (χ3v) is 3.98. The third-order valence-electron chi connectivity index (χ3n) is 3.98. The van der Waals surface area contributed by atoms with Crippen molar-refractivity contribution in [2.45, 2.75) is 38.0 Å². The van der Waals surface area contributed by atoms with Crippen molar-refractivity contribution < 1.29 is 4.74 Å². The summed E-state index contributed by atoms with van der Waals surface area (Å²) in [5.41, 5.74) is 0.378. The average Bonchev–Trinajstić information content (AvgIpc) is 2.24. The standard InChI is InChI=1S/C11H22N2O/c1-11(2)5-9(6-12(11)3)13-7-10(8-13)14-4/h9-10H,5-8H2,1-4H3. The molecule has 0 aromatic carbocycles. The molecule has 2 saturated heterocycles. The molecule has 0 aromatic rings. The molecule has 2 aliphatic rings. The van der Waals surface area contributed by atoms with Crippen molar-refractivity contribution in [1.29, 1.82) is 0 Å². The molecule has 2 aliphatic heterocycles. The second kappa shape index (κ2) is 3.47. The molecule has 3 nitrogen and oxygen atoms in total. The van der Waals surface area contributed by atoms with Crippen LogP contribution >= 0.6 is 0 Å². The minimum Gasteiger partial charge on any atom is -0.379 e. The van der Waals surface area contributed by atoms with Crippen LogP contribution in [0, 0.1) is 0 Å². The fourth-order valence-corrected chi connectivity index (χ4v) is 2.52. The van der Waals surface area contributed by atoms with Crippen molar-refractivity contribution in [3.05, 3.63) is 0 Å². The molecule has 0 aromatic heterocycles. The molecule has 0 N–H and O–H groups in total. The second-order valence-corrected chi connectivity index (χ2v) is 5.36. The lowest BCUT2D eigenvalue weighted by atomic mass is 9.98. The Morgan fingerprint density at radius 1 is 1.21 bits per heavy atom. The zero-order chi connectivity index (χ0) is 10.3. The van der Waals surface area contributed by atoms with Gasteiger partial charge in [0.25, 0.3) is 0 Å². The van der Waals surface area contributed by atoms with Crippen molar-refractivity contribution in [2.75, 3.05) is 33.8 Å². The van der Waals surface area contributed by atoms with E-state index in [0.29, 0.717) is 11.6 Å². The summed E-state index contributed by atoms with van der Waals surface area (Å²) in [5.74, 6) is 0. The van der Waals surface area contributed by atoms with Gasteiger partial charge in [-0.2, -0.15) is 0 Å². The van der Waals surface area contributed by atoms with Gasteiger partial charge in [-0.1, -0.05) is 0 Å². The van der Waals surface area contributed by atoms with Crippen molar-refractivity contribution in [3.8, 4) is 0 Å². The summed E-state index contributed by atoms with van der Waals surface area (Å²) in [6, 6.07) is 0.751. The molecule has 2 rings (SSSR count). The first-order valence-corrected chi connectivity index (χ1v) is 5.51. The first kappa shape index (κ1) is 10.4. The van der Waals surface area contributed by atoms with E-state index >= 15 is 0 Å². The summed E-state index contributed by atoms with van der Waals surface area (Å²) < 4.78 is 5.30. The molecular weight excluding hydrogens is 176 g/mol. The number of hydrogen-bond acceptors (Lipinski definition) is 3. The molecule has 0 aliphatic carbocycles. The Hall–Kier alpha value is -0.120. The van der Waals surface area contributed by atoms with Crippen LogP contribution in [0.1, 0.15) is 20.3 Å². The van der Waals surface area contributed by atoms with Gasteiger partial charge in [-0.25, -0.2) is 0 Å². The van der Waals surface area contributed by atoms with E-state index in [0.717, 1.165) is 19.1 Å². The predicted octanol–water partition coefficient (Wildman–Crippen LogP) is 0.800. The van der Waals surface area contributed by atoms with Crippen molar-refractivity contribution in [3.63, 3.8) is 0 Å². The van der Waals surface area contributed by atoms with Crippen molar-refractivity contribution in [2.24, 2.45) is 0 Å². The molecule has 0 saturated carbocycles. The summed E-state index contributed by atoms with van der Waals surface area (Å²) in [5, 5.41) is 0. The van der Waals surface area contributed by atoms with Crippen LogP contribution in [-0.4, -0.2) is 61.3 Å². The molecule has 0 amide bonds. The number of likely N-dealkylation sites (N-methyl/N-ethyl adjacent to an activating group) is 1. The van der Waals surface area contributed by atoms with Crippen LogP contribution in [0.2, 0.25) is 0 Å². The molecule has 0 bridgehead atoms. The number of rotatable bonds is 2. The van der Waals surface area contributed by atoms with E-state index in [4.69, 9.17) is 4.74 Å². The molecule has 2 heterocycles. The lowest BCUT2D eigenvalue weighted by Gasteiger charge is -2.42. The zero-order valence-electron chi connectivity index (χ0n) is 9.79. The Morgan fingerprint density at radius 3 is 2.29 bits per heavy atom. The maximum absolute atomic E-state index is 5.30. The average molecular weight is 198 g/mol.